The molecule has 0 radical (unpaired) electrons. The van der Waals surface area contributed by atoms with E-state index >= 15 is 4.79 Å². The number of nitrogens with one attached hydrogen (secondary N) is 3. The number of hydrogen-bond donors (Lipinski definition) is 7. The summed E-state index contributed by atoms with van der Waals surface area (Å²) in [5.41, 5.74) is 3.56. The van der Waals surface area contributed by atoms with Crippen LogP contribution in [0, 0.1) is 11.3 Å². The molecule has 8 N–H and O–H groups in total. The SMILES string of the molecule is CCC1(O)CNCCc2c([nH]c3ccccc23)C(C(=O)OC)(c2cc3c(cc2OC)N(C)C2C34CCN3CC=C[C@](CC)(C34)[C@@H](O)[C@]2(O)C(=O)NCCCOC(=O)[C@@H](C)N)CC(C)C1. The quantitative estimate of drug-likeness (QED) is 0.0841. The number of para-hydroxylation sites is 1. The van der Waals surface area contributed by atoms with Crippen LogP contribution in [-0.4, -0.2) is 139 Å². The number of aromatic nitrogens is 1. The first kappa shape index (κ1) is 46.0. The van der Waals surface area contributed by atoms with Gasteiger partial charge in [-0.2, -0.15) is 0 Å². The molecule has 64 heavy (non-hydrogen) atoms. The number of aliphatic hydroxyl groups is 3. The number of carbonyl (C=O) groups is 3. The topological polar surface area (TPSA) is 212 Å². The fourth-order valence-electron chi connectivity index (χ4n) is 13.1. The Morgan fingerprint density at radius 2 is 1.83 bits per heavy atom. The molecule has 1 aliphatic carbocycles. The molecule has 6 unspecified atom stereocenters. The molecule has 1 aromatic heterocycles. The van der Waals surface area contributed by atoms with Crippen LogP contribution in [0.1, 0.15) is 88.6 Å². The van der Waals surface area contributed by atoms with Gasteiger partial charge in [0.15, 0.2) is 5.60 Å². The largest absolute Gasteiger partial charge is 0.496 e. The molecule has 1 amide bonds. The number of anilines is 1. The lowest BCUT2D eigenvalue weighted by atomic mass is 9.47. The summed E-state index contributed by atoms with van der Waals surface area (Å²) in [4.78, 5) is 50.3. The van der Waals surface area contributed by atoms with Crippen LogP contribution < -0.4 is 26.0 Å². The van der Waals surface area contributed by atoms with Gasteiger partial charge in [-0.3, -0.25) is 19.3 Å². The zero-order valence-corrected chi connectivity index (χ0v) is 38.5. The van der Waals surface area contributed by atoms with E-state index in [9.17, 15) is 24.9 Å². The summed E-state index contributed by atoms with van der Waals surface area (Å²) in [6.07, 6.45) is 5.57. The lowest BCUT2D eigenvalue weighted by molar-refractivity contribution is -0.203. The van der Waals surface area contributed by atoms with Crippen molar-refractivity contribution in [2.75, 3.05) is 65.5 Å². The minimum atomic E-state index is -2.33. The second kappa shape index (κ2) is 17.0. The van der Waals surface area contributed by atoms with Crippen LogP contribution in [0.25, 0.3) is 10.9 Å². The van der Waals surface area contributed by atoms with Crippen LogP contribution in [0.2, 0.25) is 0 Å². The van der Waals surface area contributed by atoms with E-state index in [-0.39, 0.29) is 38.0 Å². The maximum Gasteiger partial charge on any atom is 0.322 e. The summed E-state index contributed by atoms with van der Waals surface area (Å²) < 4.78 is 17.5. The van der Waals surface area contributed by atoms with Gasteiger partial charge in [0.25, 0.3) is 5.91 Å². The van der Waals surface area contributed by atoms with Gasteiger partial charge in [-0.05, 0) is 94.1 Å². The molecule has 8 rings (SSSR count). The third kappa shape index (κ3) is 6.70. The summed E-state index contributed by atoms with van der Waals surface area (Å²) in [7, 11) is 4.86. The first-order chi connectivity index (χ1) is 30.5. The number of methoxy groups -OCH3 is 2. The number of carbonyl (C=O) groups excluding carboxylic acids is 3. The van der Waals surface area contributed by atoms with Gasteiger partial charge >= 0.3 is 11.9 Å². The van der Waals surface area contributed by atoms with Gasteiger partial charge in [0.05, 0.1) is 32.5 Å². The van der Waals surface area contributed by atoms with Crippen molar-refractivity contribution in [3.05, 3.63) is 70.9 Å². The van der Waals surface area contributed by atoms with E-state index in [1.165, 1.54) is 14.0 Å². The number of ether oxygens (including phenoxy) is 3. The van der Waals surface area contributed by atoms with E-state index in [2.05, 4.69) is 39.6 Å². The predicted octanol–water partition coefficient (Wildman–Crippen LogP) is 2.94. The molecule has 2 fully saturated rings. The van der Waals surface area contributed by atoms with Gasteiger partial charge in [0.1, 0.15) is 23.3 Å². The Labute approximate surface area is 376 Å². The highest BCUT2D eigenvalue weighted by Crippen LogP contribution is 2.67. The van der Waals surface area contributed by atoms with Crippen molar-refractivity contribution in [1.29, 1.82) is 0 Å². The van der Waals surface area contributed by atoms with Gasteiger partial charge < -0.3 is 55.8 Å². The summed E-state index contributed by atoms with van der Waals surface area (Å²) >= 11 is 0. The number of hydrogen-bond acceptors (Lipinski definition) is 13. The van der Waals surface area contributed by atoms with Crippen LogP contribution in [0.3, 0.4) is 0 Å². The number of benzene rings is 2. The fraction of sp³-hybridized carbons (Fsp3) is 0.612. The molecule has 10 atom stereocenters. The molecule has 1 saturated carbocycles. The molecule has 2 aromatic carbocycles. The normalized spacial score (nSPS) is 33.9. The lowest BCUT2D eigenvalue weighted by Gasteiger charge is -2.63. The monoisotopic (exact) mass is 885 g/mol. The summed E-state index contributed by atoms with van der Waals surface area (Å²) in [6.45, 7) is 9.94. The molecule has 15 nitrogen and oxygen atoms in total. The van der Waals surface area contributed by atoms with E-state index in [0.717, 1.165) is 27.7 Å². The van der Waals surface area contributed by atoms with Crippen molar-refractivity contribution in [2.45, 2.75) is 119 Å². The Morgan fingerprint density at radius 1 is 1.06 bits per heavy atom. The van der Waals surface area contributed by atoms with E-state index in [1.807, 2.05) is 62.2 Å². The smallest absolute Gasteiger partial charge is 0.322 e. The highest BCUT2D eigenvalue weighted by Gasteiger charge is 2.78. The maximum absolute atomic E-state index is 15.3. The molecule has 0 bridgehead atoms. The Morgan fingerprint density at radius 3 is 2.53 bits per heavy atom. The Kier molecular flexibility index (Phi) is 12.3. The van der Waals surface area contributed by atoms with Crippen molar-refractivity contribution in [3.8, 4) is 5.75 Å². The molecule has 1 saturated heterocycles. The van der Waals surface area contributed by atoms with Gasteiger partial charge in [0.2, 0.25) is 0 Å². The number of amides is 1. The standard InChI is InChI=1S/C49H68N6O9/c1-8-45(60)26-29(3)27-48(44(59)63-7,38-32(16-20-51-28-45)31-14-10-11-15-35(31)53-38)34-24-33-36(25-37(34)62-6)54(5)41-47(33)18-22-55-21-12-17-46(9-2,40(47)55)42(57)49(41,61)43(58)52-19-13-23-64-39(56)30(4)50/h10-12,14-15,17,24-25,29-30,40-42,51,53,57,60-61H,8-9,13,16,18-23,26-28,50H2,1-7H3,(H,52,58)/t29?,30-,40?,41?,42-,45?,46-,47?,48?,49+/m1/s1. The number of fused-ring (bicyclic) bond motifs is 4. The highest BCUT2D eigenvalue weighted by atomic mass is 16.5. The molecule has 3 aromatic rings. The molecule has 1 spiro atoms. The maximum atomic E-state index is 15.3. The van der Waals surface area contributed by atoms with Crippen molar-refractivity contribution in [1.82, 2.24) is 20.5 Å². The van der Waals surface area contributed by atoms with Crippen LogP contribution in [0.4, 0.5) is 5.69 Å². The van der Waals surface area contributed by atoms with Crippen molar-refractivity contribution in [2.24, 2.45) is 17.1 Å². The number of aliphatic hydroxyl groups excluding tert-OH is 1. The van der Waals surface area contributed by atoms with E-state index in [0.29, 0.717) is 75.3 Å². The molecule has 5 heterocycles. The zero-order valence-electron chi connectivity index (χ0n) is 38.5. The molecule has 5 aliphatic rings. The predicted molar refractivity (Wildman–Crippen MR) is 243 cm³/mol. The number of likely N-dealkylation sites (N-methyl/N-ethyl adjacent to an activating group) is 1. The number of aromatic amines is 1. The van der Waals surface area contributed by atoms with Gasteiger partial charge in [-0.1, -0.05) is 51.1 Å². The number of nitrogens with two attached hydrogens (primary N) is 1. The molecule has 348 valence electrons. The van der Waals surface area contributed by atoms with Gasteiger partial charge in [0, 0.05) is 77.5 Å². The minimum Gasteiger partial charge on any atom is -0.496 e. The molecular formula is C49H68N6O9. The third-order valence-electron chi connectivity index (χ3n) is 15.8. The molecular weight excluding hydrogens is 817 g/mol. The lowest BCUT2D eigenvalue weighted by Crippen LogP contribution is -2.81. The highest BCUT2D eigenvalue weighted by molar-refractivity contribution is 5.95. The Hall–Kier alpha value is -4.51. The number of β-amino-alcohol motifs (C(OH)–C–C–N with tert-alkyl or cyclic N) is 1. The molecule has 15 heteroatoms. The summed E-state index contributed by atoms with van der Waals surface area (Å²) in [6, 6.07) is 9.99. The van der Waals surface area contributed by atoms with E-state index < -0.39 is 63.5 Å². The number of rotatable bonds is 11. The fourth-order valence-corrected chi connectivity index (χ4v) is 13.1. The Balaban J connectivity index is 1.35. The number of H-pyrrole nitrogens is 1. The average Bonchev–Trinajstić information content (AvgIpc) is 3.94. The number of nitrogens with zero attached hydrogens (tertiary/aromatic N) is 2. The van der Waals surface area contributed by atoms with Gasteiger partial charge in [-0.15, -0.1) is 0 Å². The van der Waals surface area contributed by atoms with E-state index in [1.54, 1.807) is 7.11 Å². The summed E-state index contributed by atoms with van der Waals surface area (Å²) in [5.74, 6) is -1.52. The van der Waals surface area contributed by atoms with Gasteiger partial charge in [-0.25, -0.2) is 0 Å². The van der Waals surface area contributed by atoms with Crippen LogP contribution in [-0.2, 0) is 41.1 Å². The first-order valence-corrected chi connectivity index (χ1v) is 23.1. The van der Waals surface area contributed by atoms with Crippen molar-refractivity contribution in [3.63, 3.8) is 0 Å². The second-order valence-corrected chi connectivity index (χ2v) is 19.4. The van der Waals surface area contributed by atoms with Crippen molar-refractivity contribution >= 4 is 34.4 Å². The van der Waals surface area contributed by atoms with Crippen LogP contribution in [0.5, 0.6) is 5.75 Å². The third-order valence-corrected chi connectivity index (χ3v) is 15.8. The van der Waals surface area contributed by atoms with Crippen molar-refractivity contribution < 1.29 is 43.9 Å². The van der Waals surface area contributed by atoms with E-state index in [4.69, 9.17) is 19.9 Å². The minimum absolute atomic E-state index is 0.0223. The van der Waals surface area contributed by atoms with Crippen LogP contribution in [0.15, 0.2) is 48.6 Å². The first-order valence-electron chi connectivity index (χ1n) is 23.1. The number of esters is 2. The summed E-state index contributed by atoms with van der Waals surface area (Å²) in [5, 5.41) is 45.5. The molecule has 4 aliphatic heterocycles. The van der Waals surface area contributed by atoms with Crippen LogP contribution >= 0.6 is 0 Å². The average molecular weight is 885 g/mol. The second-order valence-electron chi connectivity index (χ2n) is 19.4. The zero-order chi connectivity index (χ0) is 46.0. The Bertz CT molecular complexity index is 2320.